The first-order valence-electron chi connectivity index (χ1n) is 5.72. The smallest absolute Gasteiger partial charge is 0.241 e. The van der Waals surface area contributed by atoms with Gasteiger partial charge in [-0.3, -0.25) is 9.78 Å². The van der Waals surface area contributed by atoms with Gasteiger partial charge in [0.1, 0.15) is 0 Å². The number of aryl methyl sites for hydroxylation is 1. The molecule has 6 heteroatoms. The summed E-state index contributed by atoms with van der Waals surface area (Å²) < 4.78 is 0. The van der Waals surface area contributed by atoms with Gasteiger partial charge in [0.15, 0.2) is 0 Å². The van der Waals surface area contributed by atoms with Gasteiger partial charge in [0, 0.05) is 18.1 Å². The first kappa shape index (κ1) is 17.2. The van der Waals surface area contributed by atoms with E-state index in [0.29, 0.717) is 0 Å². The van der Waals surface area contributed by atoms with E-state index in [0.717, 1.165) is 37.1 Å². The minimum Gasteiger partial charge on any atom is -0.324 e. The van der Waals surface area contributed by atoms with Crippen LogP contribution >= 0.6 is 24.8 Å². The molecular weight excluding hydrogens is 273 g/mol. The fourth-order valence-corrected chi connectivity index (χ4v) is 1.91. The van der Waals surface area contributed by atoms with Gasteiger partial charge in [0.05, 0.1) is 6.04 Å². The predicted molar refractivity (Wildman–Crippen MR) is 77.7 cm³/mol. The number of nitrogens with zero attached hydrogens (tertiary/aromatic N) is 1. The number of carbonyl (C=O) groups excluding carboxylic acids is 1. The number of rotatable bonds is 2. The minimum atomic E-state index is -0.0404. The second-order valence-corrected chi connectivity index (χ2v) is 4.18. The SMILES string of the molecule is Cc1cnccc1NC(=O)C1CCCCN1.Cl.Cl. The van der Waals surface area contributed by atoms with E-state index in [4.69, 9.17) is 0 Å². The molecule has 0 spiro atoms. The van der Waals surface area contributed by atoms with Crippen LogP contribution in [0.4, 0.5) is 5.69 Å². The molecule has 1 aromatic heterocycles. The normalized spacial score (nSPS) is 18.2. The van der Waals surface area contributed by atoms with Crippen LogP contribution in [0, 0.1) is 6.92 Å². The van der Waals surface area contributed by atoms with Crippen LogP contribution in [0.25, 0.3) is 0 Å². The summed E-state index contributed by atoms with van der Waals surface area (Å²) in [6.45, 7) is 2.88. The van der Waals surface area contributed by atoms with Crippen LogP contribution in [0.5, 0.6) is 0 Å². The van der Waals surface area contributed by atoms with Crippen molar-refractivity contribution < 1.29 is 4.79 Å². The van der Waals surface area contributed by atoms with Gasteiger partial charge in [-0.2, -0.15) is 0 Å². The van der Waals surface area contributed by atoms with Gasteiger partial charge in [-0.1, -0.05) is 6.42 Å². The Kier molecular flexibility index (Phi) is 7.91. The summed E-state index contributed by atoms with van der Waals surface area (Å²) >= 11 is 0. The maximum absolute atomic E-state index is 11.9. The van der Waals surface area contributed by atoms with Crippen molar-refractivity contribution in [3.8, 4) is 0 Å². The van der Waals surface area contributed by atoms with Crippen molar-refractivity contribution >= 4 is 36.4 Å². The highest BCUT2D eigenvalue weighted by molar-refractivity contribution is 5.95. The fraction of sp³-hybridized carbons (Fsp3) is 0.500. The largest absolute Gasteiger partial charge is 0.324 e. The van der Waals surface area contributed by atoms with E-state index in [9.17, 15) is 4.79 Å². The molecule has 2 rings (SSSR count). The number of anilines is 1. The number of pyridine rings is 1. The highest BCUT2D eigenvalue weighted by Crippen LogP contribution is 2.14. The maximum Gasteiger partial charge on any atom is 0.241 e. The monoisotopic (exact) mass is 291 g/mol. The highest BCUT2D eigenvalue weighted by atomic mass is 35.5. The van der Waals surface area contributed by atoms with Gasteiger partial charge in [0.25, 0.3) is 0 Å². The van der Waals surface area contributed by atoms with Gasteiger partial charge in [-0.15, -0.1) is 24.8 Å². The molecule has 1 amide bonds. The van der Waals surface area contributed by atoms with E-state index in [2.05, 4.69) is 15.6 Å². The van der Waals surface area contributed by atoms with Gasteiger partial charge in [-0.05, 0) is 37.9 Å². The van der Waals surface area contributed by atoms with Gasteiger partial charge < -0.3 is 10.6 Å². The van der Waals surface area contributed by atoms with Crippen molar-refractivity contribution in [3.05, 3.63) is 24.0 Å². The molecule has 1 aliphatic rings. The molecule has 1 atom stereocenters. The number of carbonyl (C=O) groups is 1. The molecule has 1 aromatic rings. The highest BCUT2D eigenvalue weighted by Gasteiger charge is 2.20. The van der Waals surface area contributed by atoms with Crippen molar-refractivity contribution in [3.63, 3.8) is 0 Å². The molecule has 0 aliphatic carbocycles. The number of hydrogen-bond donors (Lipinski definition) is 2. The molecule has 0 aromatic carbocycles. The molecule has 18 heavy (non-hydrogen) atoms. The topological polar surface area (TPSA) is 54.0 Å². The van der Waals surface area contributed by atoms with E-state index in [1.807, 2.05) is 13.0 Å². The van der Waals surface area contributed by atoms with Crippen molar-refractivity contribution in [2.24, 2.45) is 0 Å². The van der Waals surface area contributed by atoms with E-state index in [1.54, 1.807) is 12.4 Å². The molecule has 2 N–H and O–H groups in total. The molecule has 1 aliphatic heterocycles. The molecule has 1 saturated heterocycles. The molecule has 0 radical (unpaired) electrons. The fourth-order valence-electron chi connectivity index (χ4n) is 1.91. The summed E-state index contributed by atoms with van der Waals surface area (Å²) in [4.78, 5) is 15.9. The number of nitrogens with one attached hydrogen (secondary N) is 2. The van der Waals surface area contributed by atoms with E-state index >= 15 is 0 Å². The van der Waals surface area contributed by atoms with Crippen molar-refractivity contribution in [1.82, 2.24) is 10.3 Å². The standard InChI is InChI=1S/C12H17N3O.2ClH/c1-9-8-13-7-5-10(9)15-12(16)11-4-2-3-6-14-11;;/h5,7-8,11,14H,2-4,6H2,1H3,(H,13,15,16);2*1H. The van der Waals surface area contributed by atoms with Crippen LogP contribution in [0.3, 0.4) is 0 Å². The number of amides is 1. The molecule has 1 fully saturated rings. The Morgan fingerprint density at radius 2 is 2.22 bits per heavy atom. The lowest BCUT2D eigenvalue weighted by Crippen LogP contribution is -2.43. The molecular formula is C12H19Cl2N3O. The lowest BCUT2D eigenvalue weighted by Gasteiger charge is -2.22. The van der Waals surface area contributed by atoms with E-state index < -0.39 is 0 Å². The van der Waals surface area contributed by atoms with Crippen molar-refractivity contribution in [2.45, 2.75) is 32.2 Å². The molecule has 0 bridgehead atoms. The molecule has 2 heterocycles. The molecule has 1 unspecified atom stereocenters. The Balaban J connectivity index is 0.00000144. The lowest BCUT2D eigenvalue weighted by molar-refractivity contribution is -0.118. The average Bonchev–Trinajstić information content (AvgIpc) is 2.33. The Bertz CT molecular complexity index is 381. The number of aromatic nitrogens is 1. The van der Waals surface area contributed by atoms with Crippen LogP contribution in [0.15, 0.2) is 18.5 Å². The Labute approximate surface area is 120 Å². The van der Waals surface area contributed by atoms with Crippen LogP contribution in [-0.2, 0) is 4.79 Å². The van der Waals surface area contributed by atoms with Crippen molar-refractivity contribution in [1.29, 1.82) is 0 Å². The third-order valence-electron chi connectivity index (χ3n) is 2.90. The number of halogens is 2. The third-order valence-corrected chi connectivity index (χ3v) is 2.90. The Hall–Kier alpha value is -0.840. The Morgan fingerprint density at radius 3 is 2.83 bits per heavy atom. The third kappa shape index (κ3) is 4.44. The van der Waals surface area contributed by atoms with Gasteiger partial charge in [-0.25, -0.2) is 0 Å². The van der Waals surface area contributed by atoms with Gasteiger partial charge >= 0.3 is 0 Å². The number of piperidine rings is 1. The first-order valence-corrected chi connectivity index (χ1v) is 5.72. The molecule has 102 valence electrons. The second-order valence-electron chi connectivity index (χ2n) is 4.18. The molecule has 0 saturated carbocycles. The summed E-state index contributed by atoms with van der Waals surface area (Å²) in [5, 5.41) is 6.17. The zero-order valence-corrected chi connectivity index (χ0v) is 11.9. The van der Waals surface area contributed by atoms with Gasteiger partial charge in [0.2, 0.25) is 5.91 Å². The van der Waals surface area contributed by atoms with Crippen LogP contribution < -0.4 is 10.6 Å². The van der Waals surface area contributed by atoms with Crippen LogP contribution in [0.2, 0.25) is 0 Å². The summed E-state index contributed by atoms with van der Waals surface area (Å²) in [5.74, 6) is 0.0639. The van der Waals surface area contributed by atoms with Crippen LogP contribution in [-0.4, -0.2) is 23.5 Å². The summed E-state index contributed by atoms with van der Waals surface area (Å²) in [7, 11) is 0. The summed E-state index contributed by atoms with van der Waals surface area (Å²) in [5.41, 5.74) is 1.85. The summed E-state index contributed by atoms with van der Waals surface area (Å²) in [6, 6.07) is 1.79. The van der Waals surface area contributed by atoms with Crippen LogP contribution in [0.1, 0.15) is 24.8 Å². The van der Waals surface area contributed by atoms with E-state index in [-0.39, 0.29) is 36.8 Å². The van der Waals surface area contributed by atoms with E-state index in [1.165, 1.54) is 0 Å². The summed E-state index contributed by atoms with van der Waals surface area (Å²) in [6.07, 6.45) is 6.66. The van der Waals surface area contributed by atoms with Crippen molar-refractivity contribution in [2.75, 3.05) is 11.9 Å². The maximum atomic E-state index is 11.9. The molecule has 4 nitrogen and oxygen atoms in total. The quantitative estimate of drug-likeness (QED) is 0.879. The average molecular weight is 292 g/mol. The Morgan fingerprint density at radius 1 is 1.44 bits per heavy atom. The minimum absolute atomic E-state index is 0. The second kappa shape index (κ2) is 8.29. The zero-order valence-electron chi connectivity index (χ0n) is 10.3. The number of hydrogen-bond acceptors (Lipinski definition) is 3. The lowest BCUT2D eigenvalue weighted by atomic mass is 10.0. The zero-order chi connectivity index (χ0) is 11.4. The first-order chi connectivity index (χ1) is 7.77. The predicted octanol–water partition coefficient (Wildman–Crippen LogP) is 2.31.